The Balaban J connectivity index is 1.50. The Morgan fingerprint density at radius 3 is 2.59 bits per heavy atom. The third kappa shape index (κ3) is 3.94. The number of anilines is 4. The molecule has 5 nitrogen and oxygen atoms in total. The van der Waals surface area contributed by atoms with Gasteiger partial charge in [-0.05, 0) is 68.3 Å². The van der Waals surface area contributed by atoms with Crippen LogP contribution in [-0.2, 0) is 6.42 Å². The van der Waals surface area contributed by atoms with Crippen molar-refractivity contribution in [2.24, 2.45) is 0 Å². The maximum Gasteiger partial charge on any atom is 0.274 e. The highest BCUT2D eigenvalue weighted by atomic mass is 16.1. The van der Waals surface area contributed by atoms with Crippen LogP contribution in [0.5, 0.6) is 0 Å². The number of rotatable bonds is 6. The number of amides is 1. The molecular weight excluding hydrogens is 360 g/mol. The van der Waals surface area contributed by atoms with Gasteiger partial charge in [0, 0.05) is 48.6 Å². The standard InChI is InChI=1S/C24H26N4O/c1-3-27(4-2)20-11-9-19(10-12-20)26-24(29)22-17-21(13-15-25-22)28-16-14-18-7-5-6-8-23(18)28/h5-13,15,17H,3-4,14,16H2,1-2H3,(H,26,29). The van der Waals surface area contributed by atoms with Crippen molar-refractivity contribution < 1.29 is 4.79 Å². The quantitative estimate of drug-likeness (QED) is 0.656. The SMILES string of the molecule is CCN(CC)c1ccc(NC(=O)c2cc(N3CCc4ccccc43)ccn2)cc1. The van der Waals surface area contributed by atoms with Gasteiger partial charge in [0.2, 0.25) is 0 Å². The van der Waals surface area contributed by atoms with E-state index in [0.717, 1.165) is 43.1 Å². The number of hydrogen-bond acceptors (Lipinski definition) is 4. The van der Waals surface area contributed by atoms with E-state index in [1.165, 1.54) is 11.3 Å². The van der Waals surface area contributed by atoms with Gasteiger partial charge in [0.05, 0.1) is 0 Å². The van der Waals surface area contributed by atoms with Gasteiger partial charge in [-0.1, -0.05) is 18.2 Å². The lowest BCUT2D eigenvalue weighted by molar-refractivity contribution is 0.102. The van der Waals surface area contributed by atoms with Crippen molar-refractivity contribution >= 4 is 28.7 Å². The van der Waals surface area contributed by atoms with Crippen LogP contribution in [0, 0.1) is 0 Å². The van der Waals surface area contributed by atoms with Gasteiger partial charge in [-0.2, -0.15) is 0 Å². The van der Waals surface area contributed by atoms with Gasteiger partial charge in [0.25, 0.3) is 5.91 Å². The number of aromatic nitrogens is 1. The maximum atomic E-state index is 12.8. The zero-order valence-corrected chi connectivity index (χ0v) is 16.9. The van der Waals surface area contributed by atoms with Crippen molar-refractivity contribution in [2.45, 2.75) is 20.3 Å². The second kappa shape index (κ2) is 8.35. The Morgan fingerprint density at radius 2 is 1.83 bits per heavy atom. The van der Waals surface area contributed by atoms with Gasteiger partial charge in [0.1, 0.15) is 5.69 Å². The maximum absolute atomic E-state index is 12.8. The first-order valence-electron chi connectivity index (χ1n) is 10.2. The lowest BCUT2D eigenvalue weighted by atomic mass is 10.2. The van der Waals surface area contributed by atoms with Crippen LogP contribution >= 0.6 is 0 Å². The Hall–Kier alpha value is -3.34. The number of nitrogens with one attached hydrogen (secondary N) is 1. The normalized spacial score (nSPS) is 12.6. The van der Waals surface area contributed by atoms with Crippen molar-refractivity contribution in [1.82, 2.24) is 4.98 Å². The first kappa shape index (κ1) is 19.0. The minimum atomic E-state index is -0.199. The van der Waals surface area contributed by atoms with E-state index in [4.69, 9.17) is 0 Å². The largest absolute Gasteiger partial charge is 0.372 e. The number of carbonyl (C=O) groups is 1. The molecule has 2 heterocycles. The second-order valence-corrected chi connectivity index (χ2v) is 7.10. The fourth-order valence-electron chi connectivity index (χ4n) is 3.86. The summed E-state index contributed by atoms with van der Waals surface area (Å²) in [6.07, 6.45) is 2.72. The van der Waals surface area contributed by atoms with Crippen molar-refractivity contribution in [3.05, 3.63) is 78.1 Å². The van der Waals surface area contributed by atoms with E-state index in [1.54, 1.807) is 6.20 Å². The molecule has 0 bridgehead atoms. The molecule has 0 fully saturated rings. The second-order valence-electron chi connectivity index (χ2n) is 7.10. The molecule has 1 N–H and O–H groups in total. The molecule has 0 spiro atoms. The van der Waals surface area contributed by atoms with Crippen molar-refractivity contribution in [3.63, 3.8) is 0 Å². The Labute approximate surface area is 172 Å². The third-order valence-electron chi connectivity index (χ3n) is 5.43. The Kier molecular flexibility index (Phi) is 5.47. The molecule has 2 aromatic carbocycles. The first-order valence-corrected chi connectivity index (χ1v) is 10.2. The molecule has 0 unspecified atom stereocenters. The number of fused-ring (bicyclic) bond motifs is 1. The average molecular weight is 386 g/mol. The average Bonchev–Trinajstić information content (AvgIpc) is 3.20. The van der Waals surface area contributed by atoms with E-state index in [9.17, 15) is 4.79 Å². The predicted molar refractivity (Wildman–Crippen MR) is 119 cm³/mol. The van der Waals surface area contributed by atoms with Crippen LogP contribution in [-0.4, -0.2) is 30.5 Å². The number of hydrogen-bond donors (Lipinski definition) is 1. The third-order valence-corrected chi connectivity index (χ3v) is 5.43. The van der Waals surface area contributed by atoms with Crippen LogP contribution in [0.4, 0.5) is 22.7 Å². The van der Waals surface area contributed by atoms with Crippen molar-refractivity contribution in [3.8, 4) is 0 Å². The molecule has 0 aliphatic carbocycles. The first-order chi connectivity index (χ1) is 14.2. The van der Waals surface area contributed by atoms with Gasteiger partial charge in [0.15, 0.2) is 0 Å². The van der Waals surface area contributed by atoms with E-state index in [2.05, 4.69) is 52.1 Å². The molecule has 3 aromatic rings. The van der Waals surface area contributed by atoms with Crippen molar-refractivity contribution in [2.75, 3.05) is 34.8 Å². The fourth-order valence-corrected chi connectivity index (χ4v) is 3.86. The molecule has 1 aliphatic heterocycles. The lowest BCUT2D eigenvalue weighted by Gasteiger charge is -2.21. The minimum Gasteiger partial charge on any atom is -0.372 e. The number of nitrogens with zero attached hydrogens (tertiary/aromatic N) is 3. The van der Waals surface area contributed by atoms with Crippen LogP contribution < -0.4 is 15.1 Å². The molecule has 148 valence electrons. The lowest BCUT2D eigenvalue weighted by Crippen LogP contribution is -2.21. The number of pyridine rings is 1. The van der Waals surface area contributed by atoms with Gasteiger partial charge < -0.3 is 15.1 Å². The fraction of sp³-hybridized carbons (Fsp3) is 0.250. The summed E-state index contributed by atoms with van der Waals surface area (Å²) in [7, 11) is 0. The van der Waals surface area contributed by atoms with E-state index in [-0.39, 0.29) is 5.91 Å². The molecule has 0 radical (unpaired) electrons. The van der Waals surface area contributed by atoms with Crippen LogP contribution in [0.2, 0.25) is 0 Å². The molecule has 4 rings (SSSR count). The number of para-hydroxylation sites is 1. The van der Waals surface area contributed by atoms with Crippen LogP contribution in [0.3, 0.4) is 0 Å². The summed E-state index contributed by atoms with van der Waals surface area (Å²) >= 11 is 0. The molecule has 1 amide bonds. The molecule has 1 aromatic heterocycles. The summed E-state index contributed by atoms with van der Waals surface area (Å²) < 4.78 is 0. The van der Waals surface area contributed by atoms with Gasteiger partial charge in [-0.15, -0.1) is 0 Å². The highest BCUT2D eigenvalue weighted by Crippen LogP contribution is 2.34. The predicted octanol–water partition coefficient (Wildman–Crippen LogP) is 4.87. The van der Waals surface area contributed by atoms with E-state index in [0.29, 0.717) is 5.69 Å². The summed E-state index contributed by atoms with van der Waals surface area (Å²) in [5.74, 6) is -0.199. The number of benzene rings is 2. The molecule has 5 heteroatoms. The summed E-state index contributed by atoms with van der Waals surface area (Å²) in [5.41, 5.74) is 5.87. The molecule has 0 atom stereocenters. The Bertz CT molecular complexity index is 996. The zero-order chi connectivity index (χ0) is 20.2. The number of carbonyl (C=O) groups excluding carboxylic acids is 1. The molecule has 1 aliphatic rings. The summed E-state index contributed by atoms with van der Waals surface area (Å²) in [4.78, 5) is 21.6. The topological polar surface area (TPSA) is 48.5 Å². The monoisotopic (exact) mass is 386 g/mol. The van der Waals surface area contributed by atoms with E-state index >= 15 is 0 Å². The smallest absolute Gasteiger partial charge is 0.274 e. The molecule has 0 saturated carbocycles. The highest BCUT2D eigenvalue weighted by molar-refractivity contribution is 6.03. The van der Waals surface area contributed by atoms with Crippen LogP contribution in [0.25, 0.3) is 0 Å². The van der Waals surface area contributed by atoms with Gasteiger partial charge in [-0.3, -0.25) is 9.78 Å². The van der Waals surface area contributed by atoms with Gasteiger partial charge in [-0.25, -0.2) is 0 Å². The van der Waals surface area contributed by atoms with Crippen LogP contribution in [0.15, 0.2) is 66.9 Å². The summed E-state index contributed by atoms with van der Waals surface area (Å²) in [6.45, 7) is 7.10. The zero-order valence-electron chi connectivity index (χ0n) is 16.9. The minimum absolute atomic E-state index is 0.199. The molecule has 29 heavy (non-hydrogen) atoms. The molecular formula is C24H26N4O. The van der Waals surface area contributed by atoms with E-state index in [1.807, 2.05) is 42.5 Å². The van der Waals surface area contributed by atoms with E-state index < -0.39 is 0 Å². The summed E-state index contributed by atoms with van der Waals surface area (Å²) in [6, 6.07) is 20.2. The van der Waals surface area contributed by atoms with Gasteiger partial charge >= 0.3 is 0 Å². The summed E-state index contributed by atoms with van der Waals surface area (Å²) in [5, 5.41) is 2.96. The van der Waals surface area contributed by atoms with Crippen LogP contribution in [0.1, 0.15) is 29.9 Å². The highest BCUT2D eigenvalue weighted by Gasteiger charge is 2.21. The molecule has 0 saturated heterocycles. The van der Waals surface area contributed by atoms with Crippen molar-refractivity contribution in [1.29, 1.82) is 0 Å². The Morgan fingerprint density at radius 1 is 1.07 bits per heavy atom.